The first-order chi connectivity index (χ1) is 13.1. The van der Waals surface area contributed by atoms with Crippen LogP contribution in [-0.4, -0.2) is 67.0 Å². The topological polar surface area (TPSA) is 39.7 Å². The Morgan fingerprint density at radius 1 is 1.19 bits per heavy atom. The first-order valence-electron chi connectivity index (χ1n) is 10.2. The molecule has 1 amide bonds. The molecular formula is C21H32N4OS. The molecule has 0 bridgehead atoms. The molecule has 6 heteroatoms. The van der Waals surface area contributed by atoms with Crippen LogP contribution in [0.4, 0.5) is 5.13 Å². The van der Waals surface area contributed by atoms with Crippen LogP contribution in [0.1, 0.15) is 38.7 Å². The fourth-order valence-electron chi connectivity index (χ4n) is 3.44. The summed E-state index contributed by atoms with van der Waals surface area (Å²) in [5.41, 5.74) is 2.44. The van der Waals surface area contributed by atoms with Gasteiger partial charge in [-0.2, -0.15) is 0 Å². The molecule has 2 aromatic rings. The number of carbonyl (C=O) groups excluding carboxylic acids is 1. The highest BCUT2D eigenvalue weighted by Crippen LogP contribution is 2.30. The molecule has 1 aromatic carbocycles. The van der Waals surface area contributed by atoms with Gasteiger partial charge < -0.3 is 14.7 Å². The fraction of sp³-hybridized carbons (Fsp3) is 0.619. The largest absolute Gasteiger partial charge is 0.345 e. The Kier molecular flexibility index (Phi) is 7.07. The van der Waals surface area contributed by atoms with Gasteiger partial charge in [-0.15, -0.1) is 0 Å². The Morgan fingerprint density at radius 3 is 2.67 bits per heavy atom. The lowest BCUT2D eigenvalue weighted by Gasteiger charge is -2.34. The van der Waals surface area contributed by atoms with Crippen molar-refractivity contribution in [1.29, 1.82) is 0 Å². The molecule has 0 radical (unpaired) electrons. The van der Waals surface area contributed by atoms with E-state index in [9.17, 15) is 4.79 Å². The molecule has 1 saturated heterocycles. The third-order valence-corrected chi connectivity index (χ3v) is 6.43. The van der Waals surface area contributed by atoms with E-state index in [0.29, 0.717) is 6.42 Å². The number of thiazole rings is 1. The molecule has 0 N–H and O–H groups in total. The smallest absolute Gasteiger partial charge is 0.223 e. The predicted molar refractivity (Wildman–Crippen MR) is 115 cm³/mol. The van der Waals surface area contributed by atoms with E-state index in [1.165, 1.54) is 23.1 Å². The molecule has 3 rings (SSSR count). The van der Waals surface area contributed by atoms with Gasteiger partial charge in [0.2, 0.25) is 5.91 Å². The molecule has 5 nitrogen and oxygen atoms in total. The summed E-state index contributed by atoms with van der Waals surface area (Å²) in [7, 11) is 2.11. The number of unbranched alkanes of at least 4 members (excludes halogenated alkanes) is 1. The molecule has 0 aliphatic carbocycles. The Labute approximate surface area is 167 Å². The molecule has 1 aliphatic heterocycles. The van der Waals surface area contributed by atoms with Gasteiger partial charge in [0.1, 0.15) is 0 Å². The van der Waals surface area contributed by atoms with Gasteiger partial charge in [-0.1, -0.05) is 37.7 Å². The van der Waals surface area contributed by atoms with Gasteiger partial charge in [-0.3, -0.25) is 4.79 Å². The van der Waals surface area contributed by atoms with Crippen molar-refractivity contribution in [2.45, 2.75) is 39.5 Å². The van der Waals surface area contributed by atoms with E-state index in [1.807, 2.05) is 4.90 Å². The average Bonchev–Trinajstić information content (AvgIpc) is 3.13. The van der Waals surface area contributed by atoms with E-state index in [0.717, 1.165) is 56.3 Å². The Bertz CT molecular complexity index is 752. The van der Waals surface area contributed by atoms with E-state index < -0.39 is 0 Å². The van der Waals surface area contributed by atoms with Crippen LogP contribution < -0.4 is 4.90 Å². The van der Waals surface area contributed by atoms with E-state index >= 15 is 0 Å². The fourth-order valence-corrected chi connectivity index (χ4v) is 4.52. The summed E-state index contributed by atoms with van der Waals surface area (Å²) in [5, 5.41) is 1.09. The molecule has 0 unspecified atom stereocenters. The lowest BCUT2D eigenvalue weighted by molar-refractivity contribution is -0.131. The van der Waals surface area contributed by atoms with E-state index in [4.69, 9.17) is 4.98 Å². The minimum absolute atomic E-state index is 0.287. The second-order valence-electron chi connectivity index (χ2n) is 7.43. The minimum Gasteiger partial charge on any atom is -0.345 e. The van der Waals surface area contributed by atoms with Gasteiger partial charge in [-0.05, 0) is 44.1 Å². The van der Waals surface area contributed by atoms with Crippen molar-refractivity contribution in [2.24, 2.45) is 0 Å². The lowest BCUT2D eigenvalue weighted by Crippen LogP contribution is -2.49. The second kappa shape index (κ2) is 9.51. The number of nitrogens with zero attached hydrogens (tertiary/aromatic N) is 4. The number of aryl methyl sites for hydroxylation is 1. The SMILES string of the molecule is CCCCN(C)CCC(=O)N1CCN(c2nc3ccc(CC)cc3s2)CC1. The Hall–Kier alpha value is -1.66. The summed E-state index contributed by atoms with van der Waals surface area (Å²) in [6.45, 7) is 9.66. The zero-order valence-corrected chi connectivity index (χ0v) is 17.7. The first-order valence-corrected chi connectivity index (χ1v) is 11.0. The summed E-state index contributed by atoms with van der Waals surface area (Å²) in [6.07, 6.45) is 4.08. The number of anilines is 1. The summed E-state index contributed by atoms with van der Waals surface area (Å²) < 4.78 is 1.26. The number of hydrogen-bond donors (Lipinski definition) is 0. The molecule has 1 fully saturated rings. The van der Waals surface area contributed by atoms with Gasteiger partial charge in [0, 0.05) is 39.1 Å². The van der Waals surface area contributed by atoms with Crippen molar-refractivity contribution >= 4 is 32.6 Å². The van der Waals surface area contributed by atoms with Crippen LogP contribution in [0.25, 0.3) is 10.2 Å². The molecule has 27 heavy (non-hydrogen) atoms. The van der Waals surface area contributed by atoms with Crippen LogP contribution >= 0.6 is 11.3 Å². The number of piperazine rings is 1. The van der Waals surface area contributed by atoms with Crippen LogP contribution in [0.3, 0.4) is 0 Å². The summed E-state index contributed by atoms with van der Waals surface area (Å²) in [4.78, 5) is 23.9. The van der Waals surface area contributed by atoms with Crippen molar-refractivity contribution in [3.8, 4) is 0 Å². The third-order valence-electron chi connectivity index (χ3n) is 5.35. The number of amides is 1. The normalized spacial score (nSPS) is 15.1. The molecule has 0 spiro atoms. The van der Waals surface area contributed by atoms with Crippen LogP contribution in [0.2, 0.25) is 0 Å². The van der Waals surface area contributed by atoms with Crippen molar-refractivity contribution in [3.05, 3.63) is 23.8 Å². The number of benzene rings is 1. The van der Waals surface area contributed by atoms with Crippen molar-refractivity contribution in [3.63, 3.8) is 0 Å². The van der Waals surface area contributed by atoms with Gasteiger partial charge in [-0.25, -0.2) is 4.98 Å². The van der Waals surface area contributed by atoms with Crippen molar-refractivity contribution in [2.75, 3.05) is 51.2 Å². The first kappa shape index (κ1) is 20.1. The zero-order valence-electron chi connectivity index (χ0n) is 16.9. The average molecular weight is 389 g/mol. The molecule has 1 aliphatic rings. The monoisotopic (exact) mass is 388 g/mol. The quantitative estimate of drug-likeness (QED) is 0.692. The highest BCUT2D eigenvalue weighted by atomic mass is 32.1. The van der Waals surface area contributed by atoms with Gasteiger partial charge >= 0.3 is 0 Å². The molecule has 148 valence electrons. The predicted octanol–water partition coefficient (Wildman–Crippen LogP) is 3.63. The van der Waals surface area contributed by atoms with Gasteiger partial charge in [0.05, 0.1) is 10.2 Å². The molecular weight excluding hydrogens is 356 g/mol. The van der Waals surface area contributed by atoms with Crippen LogP contribution in [0, 0.1) is 0 Å². The maximum absolute atomic E-state index is 12.5. The summed E-state index contributed by atoms with van der Waals surface area (Å²) >= 11 is 1.77. The minimum atomic E-state index is 0.287. The third kappa shape index (κ3) is 5.20. The number of hydrogen-bond acceptors (Lipinski definition) is 5. The van der Waals surface area contributed by atoms with Gasteiger partial charge in [0.15, 0.2) is 5.13 Å². The lowest BCUT2D eigenvalue weighted by atomic mass is 10.2. The number of fused-ring (bicyclic) bond motifs is 1. The zero-order chi connectivity index (χ0) is 19.2. The van der Waals surface area contributed by atoms with Crippen LogP contribution in [-0.2, 0) is 11.2 Å². The molecule has 1 aromatic heterocycles. The highest BCUT2D eigenvalue weighted by Gasteiger charge is 2.23. The van der Waals surface area contributed by atoms with Crippen LogP contribution in [0.5, 0.6) is 0 Å². The maximum atomic E-state index is 12.5. The molecule has 2 heterocycles. The second-order valence-corrected chi connectivity index (χ2v) is 8.44. The standard InChI is InChI=1S/C21H32N4OS/c1-4-6-10-23(3)11-9-20(26)24-12-14-25(15-13-24)21-22-18-8-7-17(5-2)16-19(18)27-21/h7-8,16H,4-6,9-15H2,1-3H3. The van der Waals surface area contributed by atoms with Gasteiger partial charge in [0.25, 0.3) is 0 Å². The maximum Gasteiger partial charge on any atom is 0.223 e. The number of rotatable bonds is 8. The number of carbonyl (C=O) groups is 1. The highest BCUT2D eigenvalue weighted by molar-refractivity contribution is 7.22. The summed E-state index contributed by atoms with van der Waals surface area (Å²) in [5.74, 6) is 0.287. The molecule has 0 saturated carbocycles. The van der Waals surface area contributed by atoms with E-state index in [2.05, 4.69) is 48.9 Å². The summed E-state index contributed by atoms with van der Waals surface area (Å²) in [6, 6.07) is 6.55. The van der Waals surface area contributed by atoms with Crippen LogP contribution in [0.15, 0.2) is 18.2 Å². The Morgan fingerprint density at radius 2 is 1.96 bits per heavy atom. The molecule has 0 atom stereocenters. The van der Waals surface area contributed by atoms with Crippen molar-refractivity contribution in [1.82, 2.24) is 14.8 Å². The van der Waals surface area contributed by atoms with E-state index in [-0.39, 0.29) is 5.91 Å². The van der Waals surface area contributed by atoms with E-state index in [1.54, 1.807) is 11.3 Å². The van der Waals surface area contributed by atoms with Crippen molar-refractivity contribution < 1.29 is 4.79 Å². The Balaban J connectivity index is 1.50. The number of aromatic nitrogens is 1.